The molecule has 0 aliphatic carbocycles. The quantitative estimate of drug-likeness (QED) is 0.443. The molecule has 9 heteroatoms. The van der Waals surface area contributed by atoms with Gasteiger partial charge in [0.25, 0.3) is 11.9 Å². The van der Waals surface area contributed by atoms with Crippen LogP contribution >= 0.6 is 0 Å². The monoisotopic (exact) mass is 205 g/mol. The summed E-state index contributed by atoms with van der Waals surface area (Å²) in [5.74, 6) is 0.162. The van der Waals surface area contributed by atoms with Gasteiger partial charge in [0.05, 0.1) is 0 Å². The summed E-state index contributed by atoms with van der Waals surface area (Å²) < 4.78 is 1.55. The number of hydrogen-bond acceptors (Lipinski definition) is 6. The first kappa shape index (κ1) is 8.99. The highest BCUT2D eigenvalue weighted by molar-refractivity contribution is 5.77. The van der Waals surface area contributed by atoms with Crippen LogP contribution in [0.1, 0.15) is 0 Å². The number of guanidine groups is 1. The van der Waals surface area contributed by atoms with Crippen molar-refractivity contribution in [3.8, 4) is 5.95 Å². The molecule has 0 atom stereocenters. The molecule has 2 aromatic heterocycles. The van der Waals surface area contributed by atoms with Crippen molar-refractivity contribution in [2.45, 2.75) is 0 Å². The van der Waals surface area contributed by atoms with Crippen LogP contribution in [-0.2, 0) is 0 Å². The Morgan fingerprint density at radius 2 is 1.93 bits per heavy atom. The molecule has 2 rings (SSSR count). The van der Waals surface area contributed by atoms with Crippen LogP contribution in [-0.4, -0.2) is 35.9 Å². The van der Waals surface area contributed by atoms with Crippen molar-refractivity contribution >= 4 is 11.9 Å². The summed E-state index contributed by atoms with van der Waals surface area (Å²) in [4.78, 5) is 7.41. The van der Waals surface area contributed by atoms with Crippen LogP contribution in [0.2, 0.25) is 0 Å². The lowest BCUT2D eigenvalue weighted by molar-refractivity contribution is 0.782. The minimum Gasteiger partial charge on any atom is -0.370 e. The van der Waals surface area contributed by atoms with E-state index in [-0.39, 0.29) is 11.9 Å². The van der Waals surface area contributed by atoms with Gasteiger partial charge in [-0.15, -0.1) is 20.4 Å². The highest BCUT2D eigenvalue weighted by Gasteiger charge is 2.01. The van der Waals surface area contributed by atoms with E-state index in [0.29, 0.717) is 5.95 Å². The van der Waals surface area contributed by atoms with E-state index < -0.39 is 0 Å². The number of hydrogen-bond donors (Lipinski definition) is 2. The Morgan fingerprint density at radius 3 is 2.47 bits per heavy atom. The summed E-state index contributed by atoms with van der Waals surface area (Å²) in [6.45, 7) is 0. The molecule has 2 heterocycles. The third-order valence-corrected chi connectivity index (χ3v) is 1.42. The number of aromatic nitrogens is 6. The van der Waals surface area contributed by atoms with Crippen LogP contribution in [0.5, 0.6) is 0 Å². The van der Waals surface area contributed by atoms with Crippen LogP contribution in [0.3, 0.4) is 0 Å². The second-order valence-corrected chi connectivity index (χ2v) is 2.51. The van der Waals surface area contributed by atoms with Crippen LogP contribution in [0.15, 0.2) is 23.7 Å². The standard InChI is InChI=1S/C6H7N9/c7-4(8)10-5-11-13-6(14-12-5)15-2-1-9-3-15/h1-3H,(H4,7,8,10,11,12). The molecule has 76 valence electrons. The van der Waals surface area contributed by atoms with Gasteiger partial charge in [-0.2, -0.15) is 4.99 Å². The molecule has 0 aliphatic heterocycles. The van der Waals surface area contributed by atoms with E-state index in [1.54, 1.807) is 17.0 Å². The molecule has 0 radical (unpaired) electrons. The summed E-state index contributed by atoms with van der Waals surface area (Å²) in [5.41, 5.74) is 10.3. The SMILES string of the molecule is NC(N)=Nc1nnc(-n2ccnc2)nn1. The molecule has 9 nitrogen and oxygen atoms in total. The van der Waals surface area contributed by atoms with Crippen LogP contribution < -0.4 is 11.5 Å². The average molecular weight is 205 g/mol. The fourth-order valence-corrected chi connectivity index (χ4v) is 0.860. The fourth-order valence-electron chi connectivity index (χ4n) is 0.860. The largest absolute Gasteiger partial charge is 0.370 e. The van der Waals surface area contributed by atoms with Crippen molar-refractivity contribution in [3.63, 3.8) is 0 Å². The van der Waals surface area contributed by atoms with Crippen LogP contribution in [0.4, 0.5) is 5.95 Å². The van der Waals surface area contributed by atoms with Crippen molar-refractivity contribution in [2.24, 2.45) is 16.5 Å². The van der Waals surface area contributed by atoms with E-state index in [0.717, 1.165) is 0 Å². The van der Waals surface area contributed by atoms with Gasteiger partial charge in [-0.05, 0) is 0 Å². The predicted molar refractivity (Wildman–Crippen MR) is 50.2 cm³/mol. The molecule has 15 heavy (non-hydrogen) atoms. The minimum absolute atomic E-state index is 0.0128. The van der Waals surface area contributed by atoms with E-state index in [1.807, 2.05) is 0 Å². The maximum absolute atomic E-state index is 5.13. The molecule has 0 bridgehead atoms. The van der Waals surface area contributed by atoms with E-state index in [2.05, 4.69) is 30.4 Å². The van der Waals surface area contributed by atoms with Crippen molar-refractivity contribution in [1.82, 2.24) is 29.9 Å². The average Bonchev–Trinajstić information content (AvgIpc) is 2.71. The van der Waals surface area contributed by atoms with Crippen LogP contribution in [0, 0.1) is 0 Å². The molecule has 0 aromatic carbocycles. The maximum Gasteiger partial charge on any atom is 0.291 e. The van der Waals surface area contributed by atoms with Gasteiger partial charge in [-0.3, -0.25) is 4.57 Å². The first-order valence-corrected chi connectivity index (χ1v) is 3.91. The maximum atomic E-state index is 5.13. The van der Waals surface area contributed by atoms with Crippen molar-refractivity contribution < 1.29 is 0 Å². The topological polar surface area (TPSA) is 134 Å². The molecule has 0 spiro atoms. The Balaban J connectivity index is 2.29. The van der Waals surface area contributed by atoms with Gasteiger partial charge in [0.2, 0.25) is 0 Å². The Morgan fingerprint density at radius 1 is 1.20 bits per heavy atom. The number of nitrogens with two attached hydrogens (primary N) is 2. The fraction of sp³-hybridized carbons (Fsp3) is 0. The summed E-state index contributed by atoms with van der Waals surface area (Å²) in [5, 5.41) is 14.8. The first-order chi connectivity index (χ1) is 7.25. The van der Waals surface area contributed by atoms with Crippen molar-refractivity contribution in [3.05, 3.63) is 18.7 Å². The molecule has 0 saturated carbocycles. The van der Waals surface area contributed by atoms with E-state index in [4.69, 9.17) is 11.5 Å². The lowest BCUT2D eigenvalue weighted by Gasteiger charge is -1.96. The minimum atomic E-state index is -0.144. The Bertz CT molecular complexity index is 452. The zero-order chi connectivity index (χ0) is 10.7. The zero-order valence-electron chi connectivity index (χ0n) is 7.52. The second-order valence-electron chi connectivity index (χ2n) is 2.51. The summed E-state index contributed by atoms with van der Waals surface area (Å²) in [7, 11) is 0. The van der Waals surface area contributed by atoms with Crippen molar-refractivity contribution in [2.75, 3.05) is 0 Å². The predicted octanol–water partition coefficient (Wildman–Crippen LogP) is -1.64. The van der Waals surface area contributed by atoms with E-state index >= 15 is 0 Å². The van der Waals surface area contributed by atoms with Gasteiger partial charge < -0.3 is 11.5 Å². The van der Waals surface area contributed by atoms with Crippen LogP contribution in [0.25, 0.3) is 5.95 Å². The van der Waals surface area contributed by atoms with Gasteiger partial charge in [0, 0.05) is 12.4 Å². The highest BCUT2D eigenvalue weighted by Crippen LogP contribution is 2.00. The zero-order valence-corrected chi connectivity index (χ0v) is 7.52. The molecule has 0 saturated heterocycles. The third kappa shape index (κ3) is 2.02. The summed E-state index contributed by atoms with van der Waals surface area (Å²) in [6.07, 6.45) is 4.78. The van der Waals surface area contributed by atoms with Gasteiger partial charge in [-0.1, -0.05) is 0 Å². The molecule has 4 N–H and O–H groups in total. The lowest BCUT2D eigenvalue weighted by Crippen LogP contribution is -2.22. The van der Waals surface area contributed by atoms with Gasteiger partial charge in [0.15, 0.2) is 5.96 Å². The number of aliphatic imine (C=N–C) groups is 1. The molecular formula is C6H7N9. The van der Waals surface area contributed by atoms with E-state index in [1.165, 1.54) is 6.33 Å². The Labute approximate surface area is 83.9 Å². The number of rotatable bonds is 2. The Hall–Kier alpha value is -2.58. The molecular weight excluding hydrogens is 198 g/mol. The van der Waals surface area contributed by atoms with Gasteiger partial charge >= 0.3 is 0 Å². The van der Waals surface area contributed by atoms with E-state index in [9.17, 15) is 0 Å². The Kier molecular flexibility index (Phi) is 2.19. The molecule has 0 unspecified atom stereocenters. The smallest absolute Gasteiger partial charge is 0.291 e. The third-order valence-electron chi connectivity index (χ3n) is 1.42. The molecule has 2 aromatic rings. The molecule has 0 fully saturated rings. The normalized spacial score (nSPS) is 9.87. The highest BCUT2D eigenvalue weighted by atomic mass is 15.4. The van der Waals surface area contributed by atoms with Crippen molar-refractivity contribution in [1.29, 1.82) is 0 Å². The second kappa shape index (κ2) is 3.65. The number of nitrogens with zero attached hydrogens (tertiary/aromatic N) is 7. The molecule has 0 aliphatic rings. The van der Waals surface area contributed by atoms with Gasteiger partial charge in [0.1, 0.15) is 6.33 Å². The van der Waals surface area contributed by atoms with Gasteiger partial charge in [-0.25, -0.2) is 4.98 Å². The first-order valence-electron chi connectivity index (χ1n) is 3.91. The number of imidazole rings is 1. The summed E-state index contributed by atoms with van der Waals surface area (Å²) >= 11 is 0. The molecule has 0 amide bonds. The summed E-state index contributed by atoms with van der Waals surface area (Å²) in [6, 6.07) is 0. The lowest BCUT2D eigenvalue weighted by atomic mass is 10.8.